The van der Waals surface area contributed by atoms with Crippen LogP contribution in [0.3, 0.4) is 0 Å². The Hall–Kier alpha value is -3.33. The van der Waals surface area contributed by atoms with Crippen LogP contribution in [0.15, 0.2) is 104 Å². The number of nitrogens with zero attached hydrogens (tertiary/aromatic N) is 3. The lowest BCUT2D eigenvalue weighted by Crippen LogP contribution is -1.72. The molecule has 3 nitrogen and oxygen atoms in total. The van der Waals surface area contributed by atoms with Gasteiger partial charge in [-0.3, -0.25) is 15.0 Å². The minimum Gasteiger partial charge on any atom is -0.265 e. The Labute approximate surface area is 169 Å². The SMILES string of the molecule is Cc1ccccc1.Cc1ccccn1.Cc1cccnc1.Cc1ccncc1. The first kappa shape index (κ1) is 22.7. The maximum absolute atomic E-state index is 3.98. The van der Waals surface area contributed by atoms with Crippen LogP contribution < -0.4 is 0 Å². The standard InChI is InChI=1S/C7H8.3C6H7N/c1-7-5-3-2-4-6-7;1-6-2-4-7-5-3-6;1-6-3-2-4-7-5-6;1-6-4-2-3-5-7-6/h2-6H,1H3;3*2-5H,1H3. The third kappa shape index (κ3) is 13.0. The Balaban J connectivity index is 0.000000187. The van der Waals surface area contributed by atoms with Crippen molar-refractivity contribution in [1.82, 2.24) is 15.0 Å². The Morgan fingerprint density at radius 3 is 1.36 bits per heavy atom. The molecule has 0 aliphatic rings. The van der Waals surface area contributed by atoms with Gasteiger partial charge >= 0.3 is 0 Å². The molecule has 0 aliphatic carbocycles. The molecule has 0 spiro atoms. The molecule has 4 aromatic rings. The van der Waals surface area contributed by atoms with E-state index < -0.39 is 0 Å². The van der Waals surface area contributed by atoms with E-state index in [0.29, 0.717) is 0 Å². The summed E-state index contributed by atoms with van der Waals surface area (Å²) in [7, 11) is 0. The minimum atomic E-state index is 1.07. The molecule has 28 heavy (non-hydrogen) atoms. The molecular formula is C25H29N3. The van der Waals surface area contributed by atoms with Crippen molar-refractivity contribution in [2.75, 3.05) is 0 Å². The zero-order valence-electron chi connectivity index (χ0n) is 17.2. The Kier molecular flexibility index (Phi) is 12.0. The van der Waals surface area contributed by atoms with Crippen molar-refractivity contribution in [2.24, 2.45) is 0 Å². The molecule has 0 aliphatic heterocycles. The lowest BCUT2D eigenvalue weighted by molar-refractivity contribution is 1.20. The van der Waals surface area contributed by atoms with E-state index in [1.165, 1.54) is 16.7 Å². The van der Waals surface area contributed by atoms with Crippen molar-refractivity contribution in [2.45, 2.75) is 27.7 Å². The van der Waals surface area contributed by atoms with E-state index in [-0.39, 0.29) is 0 Å². The van der Waals surface area contributed by atoms with Gasteiger partial charge in [0, 0.05) is 36.7 Å². The molecule has 0 bridgehead atoms. The topological polar surface area (TPSA) is 38.7 Å². The molecule has 3 heterocycles. The van der Waals surface area contributed by atoms with Crippen molar-refractivity contribution < 1.29 is 0 Å². The van der Waals surface area contributed by atoms with E-state index in [2.05, 4.69) is 34.0 Å². The number of hydrogen-bond acceptors (Lipinski definition) is 3. The molecule has 0 unspecified atom stereocenters. The number of pyridine rings is 3. The van der Waals surface area contributed by atoms with Crippen molar-refractivity contribution in [1.29, 1.82) is 0 Å². The van der Waals surface area contributed by atoms with Crippen molar-refractivity contribution in [3.8, 4) is 0 Å². The number of aryl methyl sites for hydroxylation is 4. The molecule has 3 aromatic heterocycles. The van der Waals surface area contributed by atoms with Gasteiger partial charge in [0.25, 0.3) is 0 Å². The highest BCUT2D eigenvalue weighted by Crippen LogP contribution is 1.92. The smallest absolute Gasteiger partial charge is 0.0372 e. The van der Waals surface area contributed by atoms with Gasteiger partial charge in [-0.25, -0.2) is 0 Å². The van der Waals surface area contributed by atoms with Crippen LogP contribution in [-0.2, 0) is 0 Å². The lowest BCUT2D eigenvalue weighted by Gasteiger charge is -1.82. The van der Waals surface area contributed by atoms with Gasteiger partial charge in [0.15, 0.2) is 0 Å². The maximum Gasteiger partial charge on any atom is 0.0372 e. The van der Waals surface area contributed by atoms with E-state index in [1.54, 1.807) is 24.8 Å². The van der Waals surface area contributed by atoms with Crippen LogP contribution in [0.5, 0.6) is 0 Å². The lowest BCUT2D eigenvalue weighted by atomic mass is 10.2. The van der Waals surface area contributed by atoms with Crippen LogP contribution in [0.4, 0.5) is 0 Å². The van der Waals surface area contributed by atoms with Gasteiger partial charge in [0.05, 0.1) is 0 Å². The summed E-state index contributed by atoms with van der Waals surface area (Å²) in [5, 5.41) is 0. The van der Waals surface area contributed by atoms with Crippen molar-refractivity contribution in [3.05, 3.63) is 126 Å². The van der Waals surface area contributed by atoms with Crippen molar-refractivity contribution in [3.63, 3.8) is 0 Å². The summed E-state index contributed by atoms with van der Waals surface area (Å²) in [5.41, 5.74) is 4.86. The third-order valence-corrected chi connectivity index (χ3v) is 3.41. The highest BCUT2D eigenvalue weighted by molar-refractivity contribution is 5.11. The van der Waals surface area contributed by atoms with Gasteiger partial charge in [-0.15, -0.1) is 0 Å². The molecule has 4 rings (SSSR count). The first-order valence-electron chi connectivity index (χ1n) is 9.20. The Morgan fingerprint density at radius 2 is 1.07 bits per heavy atom. The van der Waals surface area contributed by atoms with Crippen molar-refractivity contribution >= 4 is 0 Å². The fourth-order valence-corrected chi connectivity index (χ4v) is 1.86. The molecule has 0 radical (unpaired) electrons. The van der Waals surface area contributed by atoms with Crippen LogP contribution in [0.1, 0.15) is 22.4 Å². The summed E-state index contributed by atoms with van der Waals surface area (Å²) >= 11 is 0. The van der Waals surface area contributed by atoms with Gasteiger partial charge in [0.2, 0.25) is 0 Å². The Morgan fingerprint density at radius 1 is 0.464 bits per heavy atom. The largest absolute Gasteiger partial charge is 0.265 e. The second-order valence-electron chi connectivity index (χ2n) is 6.18. The van der Waals surface area contributed by atoms with E-state index in [1.807, 2.05) is 87.6 Å². The molecule has 0 saturated carbocycles. The molecule has 3 heteroatoms. The van der Waals surface area contributed by atoms with Crippen LogP contribution in [0, 0.1) is 27.7 Å². The molecular weight excluding hydrogens is 342 g/mol. The van der Waals surface area contributed by atoms with Gasteiger partial charge in [0.1, 0.15) is 0 Å². The zero-order valence-corrected chi connectivity index (χ0v) is 17.2. The first-order valence-corrected chi connectivity index (χ1v) is 9.20. The van der Waals surface area contributed by atoms with E-state index in [4.69, 9.17) is 0 Å². The summed E-state index contributed by atoms with van der Waals surface area (Å²) in [6.07, 6.45) is 8.97. The van der Waals surface area contributed by atoms with E-state index >= 15 is 0 Å². The van der Waals surface area contributed by atoms with Crippen LogP contribution in [-0.4, -0.2) is 15.0 Å². The van der Waals surface area contributed by atoms with Crippen LogP contribution >= 0.6 is 0 Å². The molecule has 0 saturated heterocycles. The number of rotatable bonds is 0. The highest BCUT2D eigenvalue weighted by Gasteiger charge is 1.74. The quantitative estimate of drug-likeness (QED) is 0.371. The third-order valence-electron chi connectivity index (χ3n) is 3.41. The predicted octanol–water partition coefficient (Wildman–Crippen LogP) is 6.17. The maximum atomic E-state index is 3.98. The predicted molar refractivity (Wildman–Crippen MR) is 118 cm³/mol. The average molecular weight is 372 g/mol. The van der Waals surface area contributed by atoms with Crippen LogP contribution in [0.2, 0.25) is 0 Å². The molecule has 0 fully saturated rings. The fourth-order valence-electron chi connectivity index (χ4n) is 1.86. The zero-order chi connectivity index (χ0) is 20.5. The number of hydrogen-bond donors (Lipinski definition) is 0. The van der Waals surface area contributed by atoms with Gasteiger partial charge in [-0.1, -0.05) is 48.0 Å². The molecule has 0 N–H and O–H groups in total. The molecule has 144 valence electrons. The van der Waals surface area contributed by atoms with E-state index in [0.717, 1.165) is 5.69 Å². The second kappa shape index (κ2) is 14.8. The summed E-state index contributed by atoms with van der Waals surface area (Å²) < 4.78 is 0. The number of benzene rings is 1. The molecule has 1 aromatic carbocycles. The summed E-state index contributed by atoms with van der Waals surface area (Å²) in [6.45, 7) is 8.12. The monoisotopic (exact) mass is 371 g/mol. The first-order chi connectivity index (χ1) is 13.6. The van der Waals surface area contributed by atoms with Gasteiger partial charge < -0.3 is 0 Å². The fraction of sp³-hybridized carbons (Fsp3) is 0.160. The number of aromatic nitrogens is 3. The summed E-state index contributed by atoms with van der Waals surface area (Å²) in [6, 6.07) is 24.0. The molecule has 0 atom stereocenters. The molecule has 0 amide bonds. The van der Waals surface area contributed by atoms with Gasteiger partial charge in [-0.2, -0.15) is 0 Å². The highest BCUT2D eigenvalue weighted by atomic mass is 14.6. The second-order valence-corrected chi connectivity index (χ2v) is 6.18. The minimum absolute atomic E-state index is 1.07. The summed E-state index contributed by atoms with van der Waals surface area (Å²) in [4.78, 5) is 11.7. The Bertz CT molecular complexity index is 684. The van der Waals surface area contributed by atoms with Crippen LogP contribution in [0.25, 0.3) is 0 Å². The van der Waals surface area contributed by atoms with Gasteiger partial charge in [-0.05, 0) is 69.2 Å². The summed E-state index contributed by atoms with van der Waals surface area (Å²) in [5.74, 6) is 0. The van der Waals surface area contributed by atoms with E-state index in [9.17, 15) is 0 Å². The average Bonchev–Trinajstić information content (AvgIpc) is 2.72. The normalized spacial score (nSPS) is 8.71.